The third-order valence-electron chi connectivity index (χ3n) is 2.88. The first-order chi connectivity index (χ1) is 6.24. The van der Waals surface area contributed by atoms with E-state index in [2.05, 4.69) is 29.2 Å². The summed E-state index contributed by atoms with van der Waals surface area (Å²) in [5, 5.41) is 3.19. The van der Waals surface area contributed by atoms with E-state index in [-0.39, 0.29) is 0 Å². The maximum Gasteiger partial charge on any atom is 0.0229 e. The highest BCUT2D eigenvalue weighted by molar-refractivity contribution is 4.80. The van der Waals surface area contributed by atoms with Gasteiger partial charge in [-0.1, -0.05) is 0 Å². The standard InChI is InChI=1S/C10H23N3/c1-11-6-4-7-13-8-5-10(9-13)12(2)3/h10-11H,4-9H2,1-3H3. The Morgan fingerprint density at radius 2 is 2.23 bits per heavy atom. The van der Waals surface area contributed by atoms with Gasteiger partial charge in [0, 0.05) is 12.6 Å². The second-order valence-electron chi connectivity index (χ2n) is 4.16. The zero-order valence-electron chi connectivity index (χ0n) is 9.21. The highest BCUT2D eigenvalue weighted by Crippen LogP contribution is 2.12. The van der Waals surface area contributed by atoms with Crippen molar-refractivity contribution in [3.8, 4) is 0 Å². The van der Waals surface area contributed by atoms with Crippen molar-refractivity contribution in [1.82, 2.24) is 15.1 Å². The van der Waals surface area contributed by atoms with Crippen LogP contribution >= 0.6 is 0 Å². The number of nitrogens with zero attached hydrogens (tertiary/aromatic N) is 2. The molecule has 0 aromatic heterocycles. The Morgan fingerprint density at radius 1 is 1.46 bits per heavy atom. The van der Waals surface area contributed by atoms with Crippen LogP contribution in [0.2, 0.25) is 0 Å². The Labute approximate surface area is 82.1 Å². The molecule has 0 aromatic rings. The molecule has 78 valence electrons. The van der Waals surface area contributed by atoms with Gasteiger partial charge in [-0.25, -0.2) is 0 Å². The van der Waals surface area contributed by atoms with Crippen LogP contribution < -0.4 is 5.32 Å². The van der Waals surface area contributed by atoms with Gasteiger partial charge in [-0.2, -0.15) is 0 Å². The minimum absolute atomic E-state index is 0.787. The van der Waals surface area contributed by atoms with Crippen LogP contribution in [0.3, 0.4) is 0 Å². The molecule has 0 saturated carbocycles. The summed E-state index contributed by atoms with van der Waals surface area (Å²) in [5.41, 5.74) is 0. The molecule has 3 nitrogen and oxygen atoms in total. The lowest BCUT2D eigenvalue weighted by molar-refractivity contribution is 0.267. The molecule has 1 aliphatic heterocycles. The summed E-state index contributed by atoms with van der Waals surface area (Å²) in [6.45, 7) is 4.94. The lowest BCUT2D eigenvalue weighted by Crippen LogP contribution is -2.32. The van der Waals surface area contributed by atoms with Crippen molar-refractivity contribution in [3.05, 3.63) is 0 Å². The van der Waals surface area contributed by atoms with Crippen molar-refractivity contribution in [2.24, 2.45) is 0 Å². The number of likely N-dealkylation sites (tertiary alicyclic amines) is 1. The molecule has 1 N–H and O–H groups in total. The zero-order valence-corrected chi connectivity index (χ0v) is 9.21. The van der Waals surface area contributed by atoms with E-state index in [0.29, 0.717) is 0 Å². The maximum absolute atomic E-state index is 3.19. The molecule has 0 bridgehead atoms. The third kappa shape index (κ3) is 3.63. The first-order valence-corrected chi connectivity index (χ1v) is 5.27. The largest absolute Gasteiger partial charge is 0.320 e. The molecular formula is C10H23N3. The Morgan fingerprint density at radius 3 is 2.77 bits per heavy atom. The van der Waals surface area contributed by atoms with Gasteiger partial charge in [0.05, 0.1) is 0 Å². The normalized spacial score (nSPS) is 24.5. The topological polar surface area (TPSA) is 18.5 Å². The van der Waals surface area contributed by atoms with Crippen molar-refractivity contribution < 1.29 is 0 Å². The van der Waals surface area contributed by atoms with Gasteiger partial charge in [0.1, 0.15) is 0 Å². The number of likely N-dealkylation sites (N-methyl/N-ethyl adjacent to an activating group) is 1. The fourth-order valence-corrected chi connectivity index (χ4v) is 1.92. The number of rotatable bonds is 5. The summed E-state index contributed by atoms with van der Waals surface area (Å²) in [5.74, 6) is 0. The summed E-state index contributed by atoms with van der Waals surface area (Å²) in [6.07, 6.45) is 2.61. The van der Waals surface area contributed by atoms with Crippen molar-refractivity contribution in [2.45, 2.75) is 18.9 Å². The second-order valence-corrected chi connectivity index (χ2v) is 4.16. The SMILES string of the molecule is CNCCCN1CCC(N(C)C)C1. The predicted octanol–water partition coefficient (Wildman–Crippen LogP) is 0.232. The van der Waals surface area contributed by atoms with Gasteiger partial charge in [0.2, 0.25) is 0 Å². The van der Waals surface area contributed by atoms with Gasteiger partial charge in [-0.05, 0) is 53.6 Å². The number of nitrogens with one attached hydrogen (secondary N) is 1. The molecule has 1 unspecified atom stereocenters. The van der Waals surface area contributed by atoms with Crippen molar-refractivity contribution in [2.75, 3.05) is 47.3 Å². The number of hydrogen-bond acceptors (Lipinski definition) is 3. The highest BCUT2D eigenvalue weighted by atomic mass is 15.2. The van der Waals surface area contributed by atoms with Gasteiger partial charge < -0.3 is 15.1 Å². The minimum Gasteiger partial charge on any atom is -0.320 e. The Hall–Kier alpha value is -0.120. The van der Waals surface area contributed by atoms with Crippen LogP contribution in [0.5, 0.6) is 0 Å². The highest BCUT2D eigenvalue weighted by Gasteiger charge is 2.22. The molecular weight excluding hydrogens is 162 g/mol. The van der Waals surface area contributed by atoms with Gasteiger partial charge in [-0.15, -0.1) is 0 Å². The first kappa shape index (κ1) is 11.0. The van der Waals surface area contributed by atoms with Crippen molar-refractivity contribution in [1.29, 1.82) is 0 Å². The summed E-state index contributed by atoms with van der Waals surface area (Å²) in [6, 6.07) is 0.787. The fourth-order valence-electron chi connectivity index (χ4n) is 1.92. The Balaban J connectivity index is 2.10. The van der Waals surface area contributed by atoms with Crippen LogP contribution in [0.25, 0.3) is 0 Å². The Kier molecular flexibility index (Phi) is 4.70. The van der Waals surface area contributed by atoms with E-state index >= 15 is 0 Å². The molecule has 1 fully saturated rings. The van der Waals surface area contributed by atoms with Crippen LogP contribution in [-0.2, 0) is 0 Å². The zero-order chi connectivity index (χ0) is 9.68. The van der Waals surface area contributed by atoms with Crippen LogP contribution in [0.1, 0.15) is 12.8 Å². The lowest BCUT2D eigenvalue weighted by Gasteiger charge is -2.20. The quantitative estimate of drug-likeness (QED) is 0.619. The average molecular weight is 185 g/mol. The smallest absolute Gasteiger partial charge is 0.0229 e. The van der Waals surface area contributed by atoms with Gasteiger partial charge in [0.15, 0.2) is 0 Å². The summed E-state index contributed by atoms with van der Waals surface area (Å²) < 4.78 is 0. The van der Waals surface area contributed by atoms with Crippen LogP contribution in [-0.4, -0.2) is 63.2 Å². The molecule has 0 amide bonds. The van der Waals surface area contributed by atoms with E-state index < -0.39 is 0 Å². The van der Waals surface area contributed by atoms with Crippen molar-refractivity contribution in [3.63, 3.8) is 0 Å². The van der Waals surface area contributed by atoms with Crippen molar-refractivity contribution >= 4 is 0 Å². The van der Waals surface area contributed by atoms with Gasteiger partial charge in [0.25, 0.3) is 0 Å². The third-order valence-corrected chi connectivity index (χ3v) is 2.88. The van der Waals surface area contributed by atoms with E-state index in [1.807, 2.05) is 7.05 Å². The van der Waals surface area contributed by atoms with Crippen LogP contribution in [0.4, 0.5) is 0 Å². The van der Waals surface area contributed by atoms with E-state index in [1.54, 1.807) is 0 Å². The lowest BCUT2D eigenvalue weighted by atomic mass is 10.2. The van der Waals surface area contributed by atoms with Gasteiger partial charge in [-0.3, -0.25) is 0 Å². The monoisotopic (exact) mass is 185 g/mol. The Bertz CT molecular complexity index is 136. The summed E-state index contributed by atoms with van der Waals surface area (Å²) in [4.78, 5) is 4.92. The van der Waals surface area contributed by atoms with E-state index in [4.69, 9.17) is 0 Å². The number of hydrogen-bond donors (Lipinski definition) is 1. The molecule has 1 heterocycles. The maximum atomic E-state index is 3.19. The van der Waals surface area contributed by atoms with E-state index in [1.165, 1.54) is 32.5 Å². The van der Waals surface area contributed by atoms with E-state index in [9.17, 15) is 0 Å². The molecule has 1 rings (SSSR count). The molecule has 0 radical (unpaired) electrons. The average Bonchev–Trinajstić information content (AvgIpc) is 2.53. The van der Waals surface area contributed by atoms with Gasteiger partial charge >= 0.3 is 0 Å². The molecule has 3 heteroatoms. The molecule has 0 spiro atoms. The second kappa shape index (κ2) is 5.58. The molecule has 0 aromatic carbocycles. The summed E-state index contributed by atoms with van der Waals surface area (Å²) >= 11 is 0. The van der Waals surface area contributed by atoms with E-state index in [0.717, 1.165) is 12.6 Å². The first-order valence-electron chi connectivity index (χ1n) is 5.27. The van der Waals surface area contributed by atoms with Crippen LogP contribution in [0.15, 0.2) is 0 Å². The minimum atomic E-state index is 0.787. The molecule has 1 aliphatic rings. The fraction of sp³-hybridized carbons (Fsp3) is 1.00. The van der Waals surface area contributed by atoms with Crippen LogP contribution in [0, 0.1) is 0 Å². The summed E-state index contributed by atoms with van der Waals surface area (Å²) in [7, 11) is 6.39. The molecule has 13 heavy (non-hydrogen) atoms. The molecule has 1 atom stereocenters. The molecule has 0 aliphatic carbocycles. The predicted molar refractivity (Wildman–Crippen MR) is 57.1 cm³/mol. The molecule has 1 saturated heterocycles.